The van der Waals surface area contributed by atoms with Crippen molar-refractivity contribution in [3.8, 4) is 11.4 Å². The maximum atomic E-state index is 12.9. The number of carbonyl (C=O) groups excluding carboxylic acids is 1. The monoisotopic (exact) mass is 445 g/mol. The van der Waals surface area contributed by atoms with Gasteiger partial charge in [0.2, 0.25) is 5.91 Å². The minimum Gasteiger partial charge on any atom is -0.347 e. The largest absolute Gasteiger partial charge is 0.347 e. The van der Waals surface area contributed by atoms with Gasteiger partial charge >= 0.3 is 0 Å². The Balaban J connectivity index is 1.35. The van der Waals surface area contributed by atoms with Crippen LogP contribution in [0.4, 0.5) is 0 Å². The summed E-state index contributed by atoms with van der Waals surface area (Å²) >= 11 is 1.48. The van der Waals surface area contributed by atoms with Crippen LogP contribution in [0.5, 0.6) is 0 Å². The molecule has 0 radical (unpaired) electrons. The fourth-order valence-corrected chi connectivity index (χ4v) is 5.40. The summed E-state index contributed by atoms with van der Waals surface area (Å²) in [6.07, 6.45) is 3.08. The second kappa shape index (κ2) is 8.82. The van der Waals surface area contributed by atoms with Crippen molar-refractivity contribution in [1.82, 2.24) is 24.2 Å². The van der Waals surface area contributed by atoms with Gasteiger partial charge in [0.05, 0.1) is 5.75 Å². The van der Waals surface area contributed by atoms with Gasteiger partial charge < -0.3 is 14.0 Å². The van der Waals surface area contributed by atoms with E-state index in [1.54, 1.807) is 0 Å². The third-order valence-corrected chi connectivity index (χ3v) is 7.16. The van der Waals surface area contributed by atoms with Crippen molar-refractivity contribution in [3.63, 3.8) is 0 Å². The lowest BCUT2D eigenvalue weighted by Crippen LogP contribution is -2.37. The Bertz CT molecular complexity index is 1270. The molecule has 7 heteroatoms. The van der Waals surface area contributed by atoms with Crippen LogP contribution in [-0.4, -0.2) is 42.4 Å². The number of rotatable bonds is 6. The van der Waals surface area contributed by atoms with Crippen molar-refractivity contribution in [2.24, 2.45) is 0 Å². The number of hydrogen-bond donors (Lipinski definition) is 0. The molecule has 164 valence electrons. The molecule has 2 aromatic heterocycles. The summed E-state index contributed by atoms with van der Waals surface area (Å²) in [4.78, 5) is 14.9. The number of para-hydroxylation sites is 1. The first-order valence-corrected chi connectivity index (χ1v) is 12.2. The summed E-state index contributed by atoms with van der Waals surface area (Å²) in [5.74, 6) is 1.38. The van der Waals surface area contributed by atoms with Crippen LogP contribution in [0.3, 0.4) is 0 Å². The van der Waals surface area contributed by atoms with Crippen LogP contribution in [0.1, 0.15) is 25.0 Å². The normalized spacial score (nSPS) is 13.5. The molecule has 0 unspecified atom stereocenters. The number of thioether (sulfide) groups is 1. The maximum absolute atomic E-state index is 12.9. The smallest absolute Gasteiger partial charge is 0.233 e. The van der Waals surface area contributed by atoms with E-state index in [2.05, 4.69) is 81.8 Å². The van der Waals surface area contributed by atoms with Gasteiger partial charge in [-0.2, -0.15) is 0 Å². The number of aromatic nitrogens is 4. The molecule has 0 aliphatic carbocycles. The number of hydrogen-bond acceptors (Lipinski definition) is 4. The Morgan fingerprint density at radius 2 is 1.78 bits per heavy atom. The van der Waals surface area contributed by atoms with Crippen LogP contribution in [0, 0.1) is 0 Å². The Morgan fingerprint density at radius 3 is 2.59 bits per heavy atom. The van der Waals surface area contributed by atoms with E-state index >= 15 is 0 Å². The SMILES string of the molecule is CCn1c(SCC(=O)N2CCc3ccccc3C2)nnc1-c1cn(CC)c2ccccc12. The van der Waals surface area contributed by atoms with Crippen molar-refractivity contribution in [2.45, 2.75) is 45.1 Å². The number of amides is 1. The number of aryl methyl sites for hydroxylation is 1. The molecule has 0 atom stereocenters. The van der Waals surface area contributed by atoms with Gasteiger partial charge in [-0.1, -0.05) is 54.2 Å². The Kier molecular flexibility index (Phi) is 5.74. The average molecular weight is 446 g/mol. The fraction of sp³-hybridized carbons (Fsp3) is 0.320. The van der Waals surface area contributed by atoms with E-state index in [1.807, 2.05) is 11.0 Å². The van der Waals surface area contributed by atoms with E-state index in [0.717, 1.165) is 42.6 Å². The summed E-state index contributed by atoms with van der Waals surface area (Å²) in [6.45, 7) is 7.36. The van der Waals surface area contributed by atoms with Gasteiger partial charge in [0, 0.05) is 48.8 Å². The Labute approximate surface area is 192 Å². The highest BCUT2D eigenvalue weighted by atomic mass is 32.2. The lowest BCUT2D eigenvalue weighted by Gasteiger charge is -2.28. The first kappa shape index (κ1) is 20.8. The van der Waals surface area contributed by atoms with Gasteiger partial charge in [-0.05, 0) is 37.5 Å². The van der Waals surface area contributed by atoms with E-state index in [0.29, 0.717) is 12.3 Å². The number of nitrogens with zero attached hydrogens (tertiary/aromatic N) is 5. The highest BCUT2D eigenvalue weighted by Gasteiger charge is 2.22. The predicted molar refractivity (Wildman–Crippen MR) is 129 cm³/mol. The van der Waals surface area contributed by atoms with Crippen LogP contribution < -0.4 is 0 Å². The van der Waals surface area contributed by atoms with Crippen molar-refractivity contribution < 1.29 is 4.79 Å². The molecule has 0 spiro atoms. The van der Waals surface area contributed by atoms with Gasteiger partial charge in [0.1, 0.15) is 0 Å². The molecule has 0 bridgehead atoms. The molecule has 0 fully saturated rings. The van der Waals surface area contributed by atoms with E-state index in [4.69, 9.17) is 0 Å². The molecule has 4 aromatic rings. The van der Waals surface area contributed by atoms with Crippen molar-refractivity contribution in [1.29, 1.82) is 0 Å². The molecule has 2 aromatic carbocycles. The van der Waals surface area contributed by atoms with Crippen LogP contribution >= 0.6 is 11.8 Å². The summed E-state index contributed by atoms with van der Waals surface area (Å²) in [5, 5.41) is 11.0. The second-order valence-corrected chi connectivity index (χ2v) is 8.96. The summed E-state index contributed by atoms with van der Waals surface area (Å²) in [5.41, 5.74) is 4.89. The molecule has 5 rings (SSSR count). The Hall–Kier alpha value is -3.06. The van der Waals surface area contributed by atoms with Crippen LogP contribution in [-0.2, 0) is 30.8 Å². The van der Waals surface area contributed by atoms with E-state index < -0.39 is 0 Å². The molecule has 1 aliphatic rings. The molecule has 0 N–H and O–H groups in total. The zero-order chi connectivity index (χ0) is 22.1. The molecule has 1 amide bonds. The maximum Gasteiger partial charge on any atom is 0.233 e. The van der Waals surface area contributed by atoms with Crippen molar-refractivity contribution >= 4 is 28.6 Å². The number of carbonyl (C=O) groups is 1. The predicted octanol–water partition coefficient (Wildman–Crippen LogP) is 4.62. The third-order valence-electron chi connectivity index (χ3n) is 6.21. The van der Waals surface area contributed by atoms with Crippen molar-refractivity contribution in [2.75, 3.05) is 12.3 Å². The molecule has 0 saturated carbocycles. The van der Waals surface area contributed by atoms with Gasteiger partial charge in [0.25, 0.3) is 0 Å². The minimum absolute atomic E-state index is 0.152. The summed E-state index contributed by atoms with van der Waals surface area (Å²) < 4.78 is 4.36. The fourth-order valence-electron chi connectivity index (χ4n) is 4.49. The van der Waals surface area contributed by atoms with Crippen molar-refractivity contribution in [3.05, 3.63) is 65.9 Å². The lowest BCUT2D eigenvalue weighted by atomic mass is 10.00. The molecule has 6 nitrogen and oxygen atoms in total. The zero-order valence-corrected chi connectivity index (χ0v) is 19.3. The quantitative estimate of drug-likeness (QED) is 0.407. The molecule has 0 saturated heterocycles. The third kappa shape index (κ3) is 3.71. The Morgan fingerprint density at radius 1 is 1.00 bits per heavy atom. The minimum atomic E-state index is 0.152. The molecular weight excluding hydrogens is 418 g/mol. The first-order valence-electron chi connectivity index (χ1n) is 11.2. The van der Waals surface area contributed by atoms with E-state index in [9.17, 15) is 4.79 Å². The highest BCUT2D eigenvalue weighted by Crippen LogP contribution is 2.32. The van der Waals surface area contributed by atoms with Gasteiger partial charge in [0.15, 0.2) is 11.0 Å². The molecule has 1 aliphatic heterocycles. The molecular formula is C25H27N5OS. The lowest BCUT2D eigenvalue weighted by molar-refractivity contribution is -0.129. The van der Waals surface area contributed by atoms with Crippen LogP contribution in [0.15, 0.2) is 59.9 Å². The van der Waals surface area contributed by atoms with Crippen LogP contribution in [0.2, 0.25) is 0 Å². The number of fused-ring (bicyclic) bond motifs is 2. The number of benzene rings is 2. The summed E-state index contributed by atoms with van der Waals surface area (Å²) in [7, 11) is 0. The molecule has 32 heavy (non-hydrogen) atoms. The summed E-state index contributed by atoms with van der Waals surface area (Å²) in [6, 6.07) is 16.8. The average Bonchev–Trinajstić information content (AvgIpc) is 3.42. The first-order chi connectivity index (χ1) is 15.7. The van der Waals surface area contributed by atoms with Gasteiger partial charge in [-0.3, -0.25) is 4.79 Å². The second-order valence-electron chi connectivity index (χ2n) is 8.02. The van der Waals surface area contributed by atoms with Gasteiger partial charge in [-0.15, -0.1) is 10.2 Å². The van der Waals surface area contributed by atoms with Crippen LogP contribution in [0.25, 0.3) is 22.3 Å². The van der Waals surface area contributed by atoms with Gasteiger partial charge in [-0.25, -0.2) is 0 Å². The topological polar surface area (TPSA) is 56.0 Å². The molecule has 3 heterocycles. The standard InChI is InChI=1S/C25H27N5OS/c1-3-28-16-21(20-11-7-8-12-22(20)28)24-26-27-25(30(24)4-2)32-17-23(31)29-14-13-18-9-5-6-10-19(18)15-29/h5-12,16H,3-4,13-15,17H2,1-2H3. The highest BCUT2D eigenvalue weighted by molar-refractivity contribution is 7.99. The van der Waals surface area contributed by atoms with E-state index in [1.165, 1.54) is 33.8 Å². The zero-order valence-electron chi connectivity index (χ0n) is 18.5. The van der Waals surface area contributed by atoms with E-state index in [-0.39, 0.29) is 5.91 Å².